The van der Waals surface area contributed by atoms with Crippen molar-refractivity contribution in [3.63, 3.8) is 0 Å². The first kappa shape index (κ1) is 21.6. The van der Waals surface area contributed by atoms with Crippen LogP contribution in [-0.4, -0.2) is 29.8 Å². The second kappa shape index (κ2) is 10.1. The Morgan fingerprint density at radius 3 is 2.70 bits per heavy atom. The van der Waals surface area contributed by atoms with Gasteiger partial charge in [-0.05, 0) is 55.8 Å². The van der Waals surface area contributed by atoms with E-state index in [4.69, 9.17) is 20.9 Å². The highest BCUT2D eigenvalue weighted by atomic mass is 35.5. The molecule has 0 spiro atoms. The van der Waals surface area contributed by atoms with Gasteiger partial charge in [-0.15, -0.1) is 0 Å². The second-order valence-electron chi connectivity index (χ2n) is 6.47. The van der Waals surface area contributed by atoms with E-state index in [1.54, 1.807) is 24.3 Å². The molecular formula is C21H23ClFN5O2. The molecule has 0 bridgehead atoms. The number of rotatable bonds is 7. The lowest BCUT2D eigenvalue weighted by atomic mass is 10.1. The number of methoxy groups -OCH3 is 1. The van der Waals surface area contributed by atoms with Gasteiger partial charge < -0.3 is 19.9 Å². The summed E-state index contributed by atoms with van der Waals surface area (Å²) in [6.07, 6.45) is 0. The van der Waals surface area contributed by atoms with E-state index in [2.05, 4.69) is 25.8 Å². The minimum atomic E-state index is -0.411. The number of aromatic nitrogens is 2. The van der Waals surface area contributed by atoms with Crippen LogP contribution in [0.1, 0.15) is 31.3 Å². The van der Waals surface area contributed by atoms with Gasteiger partial charge in [0.15, 0.2) is 17.5 Å². The molecule has 1 atom stereocenters. The van der Waals surface area contributed by atoms with Crippen LogP contribution in [0.2, 0.25) is 5.02 Å². The highest BCUT2D eigenvalue weighted by molar-refractivity contribution is 6.30. The SMILES string of the molecule is CCNC(=NCc1nc(-c2ccc(Cl)cc2)no1)NC(C)c1ccc(OC)c(F)c1. The summed E-state index contributed by atoms with van der Waals surface area (Å²) in [4.78, 5) is 8.85. The molecule has 0 aliphatic rings. The molecule has 0 aliphatic carbocycles. The first-order chi connectivity index (χ1) is 14.5. The molecule has 0 saturated carbocycles. The van der Waals surface area contributed by atoms with Crippen molar-refractivity contribution in [1.29, 1.82) is 0 Å². The van der Waals surface area contributed by atoms with Crippen molar-refractivity contribution in [3.05, 3.63) is 64.8 Å². The molecule has 30 heavy (non-hydrogen) atoms. The van der Waals surface area contributed by atoms with Gasteiger partial charge in [-0.1, -0.05) is 22.8 Å². The summed E-state index contributed by atoms with van der Waals surface area (Å²) in [5, 5.41) is 11.0. The van der Waals surface area contributed by atoms with Crippen LogP contribution >= 0.6 is 11.6 Å². The number of guanidine groups is 1. The highest BCUT2D eigenvalue weighted by Crippen LogP contribution is 2.22. The van der Waals surface area contributed by atoms with Gasteiger partial charge in [0.05, 0.1) is 13.2 Å². The zero-order valence-corrected chi connectivity index (χ0v) is 17.7. The monoisotopic (exact) mass is 431 g/mol. The number of aliphatic imine (C=N–C) groups is 1. The molecule has 0 aliphatic heterocycles. The fraction of sp³-hybridized carbons (Fsp3) is 0.286. The maximum absolute atomic E-state index is 14.0. The van der Waals surface area contributed by atoms with Gasteiger partial charge in [0.2, 0.25) is 11.7 Å². The van der Waals surface area contributed by atoms with E-state index in [9.17, 15) is 4.39 Å². The second-order valence-corrected chi connectivity index (χ2v) is 6.91. The Labute approximate surface area is 179 Å². The van der Waals surface area contributed by atoms with Gasteiger partial charge >= 0.3 is 0 Å². The fourth-order valence-electron chi connectivity index (χ4n) is 2.74. The number of nitrogens with one attached hydrogen (secondary N) is 2. The zero-order valence-electron chi connectivity index (χ0n) is 16.9. The van der Waals surface area contributed by atoms with Crippen molar-refractivity contribution >= 4 is 17.6 Å². The normalized spacial score (nSPS) is 12.5. The molecule has 3 aromatic rings. The number of hydrogen-bond donors (Lipinski definition) is 2. The highest BCUT2D eigenvalue weighted by Gasteiger charge is 2.12. The standard InChI is InChI=1S/C21H23ClFN5O2/c1-4-24-21(26-13(2)15-7-10-18(29-3)17(23)11-15)25-12-19-27-20(28-30-19)14-5-8-16(22)9-6-14/h5-11,13H,4,12H2,1-3H3,(H2,24,25,26). The third-order valence-corrected chi connectivity index (χ3v) is 4.57. The van der Waals surface area contributed by atoms with Gasteiger partial charge in [-0.25, -0.2) is 9.38 Å². The minimum Gasteiger partial charge on any atom is -0.494 e. The molecule has 1 heterocycles. The third-order valence-electron chi connectivity index (χ3n) is 4.32. The van der Waals surface area contributed by atoms with Crippen LogP contribution in [0.3, 0.4) is 0 Å². The Kier molecular flexibility index (Phi) is 7.24. The average molecular weight is 432 g/mol. The summed E-state index contributed by atoms with van der Waals surface area (Å²) in [7, 11) is 1.44. The number of hydrogen-bond acceptors (Lipinski definition) is 5. The Bertz CT molecular complexity index is 1010. The molecule has 2 aromatic carbocycles. The predicted octanol–water partition coefficient (Wildman–Crippen LogP) is 4.35. The molecule has 0 radical (unpaired) electrons. The van der Waals surface area contributed by atoms with Crippen molar-refractivity contribution in [2.24, 2.45) is 4.99 Å². The van der Waals surface area contributed by atoms with Crippen LogP contribution in [0.15, 0.2) is 52.0 Å². The lowest BCUT2D eigenvalue weighted by Gasteiger charge is -2.18. The first-order valence-corrected chi connectivity index (χ1v) is 9.84. The number of halogens is 2. The van der Waals surface area contributed by atoms with Crippen molar-refractivity contribution < 1.29 is 13.7 Å². The Morgan fingerprint density at radius 2 is 2.03 bits per heavy atom. The largest absolute Gasteiger partial charge is 0.494 e. The average Bonchev–Trinajstić information content (AvgIpc) is 3.21. The molecule has 0 saturated heterocycles. The molecule has 1 aromatic heterocycles. The maximum Gasteiger partial charge on any atom is 0.248 e. The van der Waals surface area contributed by atoms with E-state index in [1.807, 2.05) is 26.0 Å². The van der Waals surface area contributed by atoms with Crippen LogP contribution in [0, 0.1) is 5.82 Å². The lowest BCUT2D eigenvalue weighted by Crippen LogP contribution is -2.38. The van der Waals surface area contributed by atoms with Crippen LogP contribution < -0.4 is 15.4 Å². The molecule has 158 valence electrons. The summed E-state index contributed by atoms with van der Waals surface area (Å²) in [6.45, 7) is 4.73. The summed E-state index contributed by atoms with van der Waals surface area (Å²) >= 11 is 5.91. The quantitative estimate of drug-likeness (QED) is 0.427. The first-order valence-electron chi connectivity index (χ1n) is 9.47. The van der Waals surface area contributed by atoms with E-state index < -0.39 is 5.82 Å². The summed E-state index contributed by atoms with van der Waals surface area (Å²) in [5.74, 6) is 1.19. The van der Waals surface area contributed by atoms with Gasteiger partial charge in [-0.3, -0.25) is 0 Å². The molecular weight excluding hydrogens is 409 g/mol. The van der Waals surface area contributed by atoms with Gasteiger partial charge in [-0.2, -0.15) is 4.98 Å². The molecule has 0 amide bonds. The topological polar surface area (TPSA) is 84.6 Å². The molecule has 2 N–H and O–H groups in total. The maximum atomic E-state index is 14.0. The fourth-order valence-corrected chi connectivity index (χ4v) is 2.87. The van der Waals surface area contributed by atoms with E-state index in [0.717, 1.165) is 11.1 Å². The molecule has 7 nitrogen and oxygen atoms in total. The van der Waals surface area contributed by atoms with E-state index in [0.29, 0.717) is 29.2 Å². The van der Waals surface area contributed by atoms with Crippen LogP contribution in [0.5, 0.6) is 5.75 Å². The number of ether oxygens (including phenoxy) is 1. The molecule has 3 rings (SSSR count). The van der Waals surface area contributed by atoms with Gasteiger partial charge in [0, 0.05) is 17.1 Å². The van der Waals surface area contributed by atoms with Crippen LogP contribution in [-0.2, 0) is 6.54 Å². The lowest BCUT2D eigenvalue weighted by molar-refractivity contribution is 0.380. The van der Waals surface area contributed by atoms with Crippen LogP contribution in [0.25, 0.3) is 11.4 Å². The third kappa shape index (κ3) is 5.48. The van der Waals surface area contributed by atoms with Crippen molar-refractivity contribution in [1.82, 2.24) is 20.8 Å². The van der Waals surface area contributed by atoms with E-state index >= 15 is 0 Å². The Morgan fingerprint density at radius 1 is 1.27 bits per heavy atom. The molecule has 1 unspecified atom stereocenters. The predicted molar refractivity (Wildman–Crippen MR) is 114 cm³/mol. The number of nitrogens with zero attached hydrogens (tertiary/aromatic N) is 3. The van der Waals surface area contributed by atoms with Gasteiger partial charge in [0.25, 0.3) is 0 Å². The smallest absolute Gasteiger partial charge is 0.248 e. The summed E-state index contributed by atoms with van der Waals surface area (Å²) < 4.78 is 24.3. The van der Waals surface area contributed by atoms with Crippen molar-refractivity contribution in [2.75, 3.05) is 13.7 Å². The molecule has 0 fully saturated rings. The van der Waals surface area contributed by atoms with E-state index in [-0.39, 0.29) is 18.3 Å². The molecule has 9 heteroatoms. The van der Waals surface area contributed by atoms with E-state index in [1.165, 1.54) is 13.2 Å². The van der Waals surface area contributed by atoms with Gasteiger partial charge in [0.1, 0.15) is 6.54 Å². The summed E-state index contributed by atoms with van der Waals surface area (Å²) in [6, 6.07) is 11.8. The van der Waals surface area contributed by atoms with Crippen molar-refractivity contribution in [2.45, 2.75) is 26.4 Å². The minimum absolute atomic E-state index is 0.185. The zero-order chi connectivity index (χ0) is 21.5. The Hall–Kier alpha value is -3.13. The van der Waals surface area contributed by atoms with Crippen molar-refractivity contribution in [3.8, 4) is 17.1 Å². The van der Waals surface area contributed by atoms with Crippen LogP contribution in [0.4, 0.5) is 4.39 Å². The Balaban J connectivity index is 1.68. The summed E-state index contributed by atoms with van der Waals surface area (Å²) in [5.41, 5.74) is 1.57. The number of benzene rings is 2.